The molecule has 1 unspecified atom stereocenters. The number of hydrogen-bond acceptors (Lipinski definition) is 3. The van der Waals surface area contributed by atoms with E-state index in [1.54, 1.807) is 4.57 Å². The number of rotatable bonds is 2. The topological polar surface area (TPSA) is 70.0 Å². The Bertz CT molecular complexity index is 656. The molecular formula is C14H19N3O2. The molecule has 0 saturated heterocycles. The summed E-state index contributed by atoms with van der Waals surface area (Å²) in [5, 5.41) is 14.0. The van der Waals surface area contributed by atoms with Crippen molar-refractivity contribution in [2.75, 3.05) is 0 Å². The van der Waals surface area contributed by atoms with E-state index in [-0.39, 0.29) is 11.7 Å². The van der Waals surface area contributed by atoms with Gasteiger partial charge in [-0.15, -0.1) is 0 Å². The number of nitrogens with zero attached hydrogens (tertiary/aromatic N) is 1. The van der Waals surface area contributed by atoms with Crippen LogP contribution in [0.25, 0.3) is 11.0 Å². The number of imidazole rings is 1. The Kier molecular flexibility index (Phi) is 2.95. The van der Waals surface area contributed by atoms with Gasteiger partial charge in [-0.05, 0) is 12.5 Å². The predicted octanol–water partition coefficient (Wildman–Crippen LogP) is 1.13. The summed E-state index contributed by atoms with van der Waals surface area (Å²) in [5.74, 6) is 0. The number of benzene rings is 1. The molecule has 2 atom stereocenters. The lowest BCUT2D eigenvalue weighted by molar-refractivity contribution is 0.121. The Balaban J connectivity index is 2.14. The molecule has 1 aliphatic rings. The van der Waals surface area contributed by atoms with Gasteiger partial charge >= 0.3 is 5.69 Å². The molecule has 3 N–H and O–H groups in total. The summed E-state index contributed by atoms with van der Waals surface area (Å²) in [6.07, 6.45) is 0.149. The van der Waals surface area contributed by atoms with Crippen molar-refractivity contribution in [1.82, 2.24) is 14.9 Å². The van der Waals surface area contributed by atoms with Crippen LogP contribution in [-0.4, -0.2) is 26.7 Å². The fourth-order valence-electron chi connectivity index (χ4n) is 2.95. The third-order valence-electron chi connectivity index (χ3n) is 3.73. The fourth-order valence-corrected chi connectivity index (χ4v) is 2.95. The van der Waals surface area contributed by atoms with Gasteiger partial charge in [0, 0.05) is 24.2 Å². The minimum absolute atomic E-state index is 0.0232. The van der Waals surface area contributed by atoms with Gasteiger partial charge in [-0.3, -0.25) is 4.57 Å². The molecule has 1 aromatic heterocycles. The average molecular weight is 261 g/mol. The van der Waals surface area contributed by atoms with Crippen molar-refractivity contribution in [3.8, 4) is 0 Å². The van der Waals surface area contributed by atoms with Gasteiger partial charge in [0.15, 0.2) is 0 Å². The normalized spacial score (nSPS) is 22.9. The highest BCUT2D eigenvalue weighted by atomic mass is 16.3. The van der Waals surface area contributed by atoms with Gasteiger partial charge in [-0.2, -0.15) is 0 Å². The van der Waals surface area contributed by atoms with E-state index in [4.69, 9.17) is 0 Å². The van der Waals surface area contributed by atoms with Gasteiger partial charge in [0.05, 0.1) is 17.1 Å². The highest BCUT2D eigenvalue weighted by Gasteiger charge is 2.28. The molecular weight excluding hydrogens is 242 g/mol. The molecule has 2 heterocycles. The smallest absolute Gasteiger partial charge is 0.326 e. The van der Waals surface area contributed by atoms with Crippen LogP contribution >= 0.6 is 0 Å². The van der Waals surface area contributed by atoms with Crippen molar-refractivity contribution in [3.63, 3.8) is 0 Å². The molecule has 5 heteroatoms. The largest absolute Gasteiger partial charge is 0.387 e. The standard InChI is InChI=1S/C14H19N3O2/c1-8(2)15-11-6-7-17-12-9(13(11)18)4-3-5-10(12)16-14(17)19/h3-5,8,11,13,15,18H,6-7H2,1-2H3,(H,16,19)/t11?,13-/m1/s1. The van der Waals surface area contributed by atoms with Gasteiger partial charge < -0.3 is 15.4 Å². The number of hydrogen-bond donors (Lipinski definition) is 3. The Morgan fingerprint density at radius 2 is 2.26 bits per heavy atom. The molecule has 5 nitrogen and oxygen atoms in total. The maximum atomic E-state index is 11.9. The molecule has 0 aliphatic carbocycles. The fraction of sp³-hybridized carbons (Fsp3) is 0.500. The van der Waals surface area contributed by atoms with Crippen molar-refractivity contribution in [1.29, 1.82) is 0 Å². The van der Waals surface area contributed by atoms with Crippen LogP contribution in [0.1, 0.15) is 31.9 Å². The van der Waals surface area contributed by atoms with Crippen molar-refractivity contribution >= 4 is 11.0 Å². The molecule has 1 aromatic carbocycles. The number of aliphatic hydroxyl groups is 1. The number of nitrogens with one attached hydrogen (secondary N) is 2. The van der Waals surface area contributed by atoms with E-state index in [0.29, 0.717) is 12.6 Å². The summed E-state index contributed by atoms with van der Waals surface area (Å²) < 4.78 is 1.73. The summed E-state index contributed by atoms with van der Waals surface area (Å²) in [6.45, 7) is 4.74. The highest BCUT2D eigenvalue weighted by molar-refractivity contribution is 5.79. The SMILES string of the molecule is CC(C)NC1CCn2c(=O)[nH]c3cccc(c32)[C@H]1O. The number of H-pyrrole nitrogens is 1. The number of aromatic nitrogens is 2. The third kappa shape index (κ3) is 1.99. The van der Waals surface area contributed by atoms with E-state index >= 15 is 0 Å². The van der Waals surface area contributed by atoms with Crippen LogP contribution in [0, 0.1) is 0 Å². The van der Waals surface area contributed by atoms with Crippen LogP contribution in [-0.2, 0) is 6.54 Å². The quantitative estimate of drug-likeness (QED) is 0.759. The lowest BCUT2D eigenvalue weighted by Crippen LogP contribution is -2.39. The Morgan fingerprint density at radius 1 is 1.47 bits per heavy atom. The minimum Gasteiger partial charge on any atom is -0.387 e. The van der Waals surface area contributed by atoms with E-state index < -0.39 is 6.10 Å². The average Bonchev–Trinajstić information content (AvgIpc) is 2.61. The van der Waals surface area contributed by atoms with Gasteiger partial charge in [0.25, 0.3) is 0 Å². The molecule has 1 aliphatic heterocycles. The first-order valence-electron chi connectivity index (χ1n) is 6.73. The zero-order valence-corrected chi connectivity index (χ0v) is 11.2. The lowest BCUT2D eigenvalue weighted by atomic mass is 9.99. The zero-order chi connectivity index (χ0) is 13.6. The van der Waals surface area contributed by atoms with Gasteiger partial charge in [-0.1, -0.05) is 26.0 Å². The van der Waals surface area contributed by atoms with Crippen LogP contribution in [0.3, 0.4) is 0 Å². The number of aliphatic hydroxyl groups excluding tert-OH is 1. The van der Waals surface area contributed by atoms with Gasteiger partial charge in [-0.25, -0.2) is 4.79 Å². The summed E-state index contributed by atoms with van der Waals surface area (Å²) in [5.41, 5.74) is 2.37. The van der Waals surface area contributed by atoms with Gasteiger partial charge in [0.1, 0.15) is 0 Å². The van der Waals surface area contributed by atoms with E-state index in [2.05, 4.69) is 24.1 Å². The third-order valence-corrected chi connectivity index (χ3v) is 3.73. The molecule has 0 spiro atoms. The number of aryl methyl sites for hydroxylation is 1. The monoisotopic (exact) mass is 261 g/mol. The van der Waals surface area contributed by atoms with Gasteiger partial charge in [0.2, 0.25) is 0 Å². The molecule has 3 rings (SSSR count). The molecule has 0 fully saturated rings. The van der Waals surface area contributed by atoms with Crippen molar-refractivity contribution < 1.29 is 5.11 Å². The maximum absolute atomic E-state index is 11.9. The van der Waals surface area contributed by atoms with E-state index in [0.717, 1.165) is 23.0 Å². The van der Waals surface area contributed by atoms with Crippen LogP contribution in [0.5, 0.6) is 0 Å². The van der Waals surface area contributed by atoms with Crippen molar-refractivity contribution in [3.05, 3.63) is 34.2 Å². The molecule has 102 valence electrons. The second-order valence-electron chi connectivity index (χ2n) is 5.49. The predicted molar refractivity (Wildman–Crippen MR) is 74.2 cm³/mol. The van der Waals surface area contributed by atoms with Crippen molar-refractivity contribution in [2.24, 2.45) is 0 Å². The van der Waals surface area contributed by atoms with Crippen LogP contribution in [0.2, 0.25) is 0 Å². The lowest BCUT2D eigenvalue weighted by Gasteiger charge is -2.24. The molecule has 19 heavy (non-hydrogen) atoms. The van der Waals surface area contributed by atoms with E-state index in [1.165, 1.54) is 0 Å². The minimum atomic E-state index is -0.588. The van der Waals surface area contributed by atoms with E-state index in [1.807, 2.05) is 18.2 Å². The Hall–Kier alpha value is -1.59. The first-order valence-corrected chi connectivity index (χ1v) is 6.73. The van der Waals surface area contributed by atoms with Crippen LogP contribution in [0.15, 0.2) is 23.0 Å². The maximum Gasteiger partial charge on any atom is 0.326 e. The first kappa shape index (κ1) is 12.4. The Morgan fingerprint density at radius 3 is 3.00 bits per heavy atom. The summed E-state index contributed by atoms with van der Waals surface area (Å²) in [7, 11) is 0. The molecule has 0 saturated carbocycles. The van der Waals surface area contributed by atoms with Crippen LogP contribution < -0.4 is 11.0 Å². The summed E-state index contributed by atoms with van der Waals surface area (Å²) in [4.78, 5) is 14.8. The van der Waals surface area contributed by atoms with Crippen molar-refractivity contribution in [2.45, 2.75) is 45.0 Å². The molecule has 0 amide bonds. The van der Waals surface area contributed by atoms with E-state index in [9.17, 15) is 9.90 Å². The number of aromatic amines is 1. The Labute approximate surface area is 111 Å². The van der Waals surface area contributed by atoms with Crippen LogP contribution in [0.4, 0.5) is 0 Å². The molecule has 0 bridgehead atoms. The first-order chi connectivity index (χ1) is 9.08. The summed E-state index contributed by atoms with van der Waals surface area (Å²) >= 11 is 0. The highest BCUT2D eigenvalue weighted by Crippen LogP contribution is 2.29. The second-order valence-corrected chi connectivity index (χ2v) is 5.49. The zero-order valence-electron chi connectivity index (χ0n) is 11.2. The molecule has 2 aromatic rings. The second kappa shape index (κ2) is 4.51. The molecule has 0 radical (unpaired) electrons. The summed E-state index contributed by atoms with van der Waals surface area (Å²) in [6, 6.07) is 5.93. The number of para-hydroxylation sites is 1.